The summed E-state index contributed by atoms with van der Waals surface area (Å²) in [5, 5.41) is 11.8. The van der Waals surface area contributed by atoms with Gasteiger partial charge >= 0.3 is 0 Å². The number of ether oxygens (including phenoxy) is 2. The lowest BCUT2D eigenvalue weighted by atomic mass is 9.79. The van der Waals surface area contributed by atoms with Gasteiger partial charge in [0.2, 0.25) is 0 Å². The topological polar surface area (TPSA) is 75.1 Å². The van der Waals surface area contributed by atoms with Crippen molar-refractivity contribution in [1.82, 2.24) is 14.8 Å². The number of aromatic nitrogens is 1. The number of rotatable bonds is 4. The lowest BCUT2D eigenvalue weighted by molar-refractivity contribution is -0.112. The van der Waals surface area contributed by atoms with Gasteiger partial charge in [0.05, 0.1) is 38.1 Å². The van der Waals surface area contributed by atoms with Gasteiger partial charge in [-0.15, -0.1) is 0 Å². The van der Waals surface area contributed by atoms with Crippen LogP contribution in [0.4, 0.5) is 0 Å². The summed E-state index contributed by atoms with van der Waals surface area (Å²) in [5.41, 5.74) is 0.371. The average Bonchev–Trinajstić information content (AvgIpc) is 2.80. The summed E-state index contributed by atoms with van der Waals surface area (Å²) in [4.78, 5) is 21.4. The summed E-state index contributed by atoms with van der Waals surface area (Å²) in [6, 6.07) is 11.3. The molecule has 2 saturated heterocycles. The molecule has 0 spiro atoms. The maximum Gasteiger partial charge on any atom is 0.257 e. The van der Waals surface area contributed by atoms with Gasteiger partial charge in [-0.3, -0.25) is 14.7 Å². The molecule has 3 heterocycles. The predicted molar refractivity (Wildman–Crippen MR) is 108 cm³/mol. The Morgan fingerprint density at radius 3 is 2.69 bits per heavy atom. The van der Waals surface area contributed by atoms with Gasteiger partial charge in [-0.2, -0.15) is 0 Å². The molecule has 154 valence electrons. The first-order valence-corrected chi connectivity index (χ1v) is 10.0. The van der Waals surface area contributed by atoms with Crippen LogP contribution in [-0.4, -0.2) is 78.3 Å². The number of pyridine rings is 1. The van der Waals surface area contributed by atoms with Crippen molar-refractivity contribution in [2.75, 3.05) is 46.5 Å². The predicted octanol–water partition coefficient (Wildman–Crippen LogP) is 1.52. The first kappa shape index (κ1) is 19.8. The number of hydrogen-bond acceptors (Lipinski definition) is 6. The smallest absolute Gasteiger partial charge is 0.257 e. The number of carbonyl (C=O) groups is 1. The normalized spacial score (nSPS) is 25.6. The van der Waals surface area contributed by atoms with Crippen LogP contribution in [0.1, 0.15) is 22.3 Å². The van der Waals surface area contributed by atoms with Gasteiger partial charge in [-0.05, 0) is 18.1 Å². The first-order valence-electron chi connectivity index (χ1n) is 10.0. The van der Waals surface area contributed by atoms with Crippen LogP contribution in [0.15, 0.2) is 48.8 Å². The number of benzene rings is 1. The first-order chi connectivity index (χ1) is 14.1. The van der Waals surface area contributed by atoms with Crippen LogP contribution in [0, 0.1) is 0 Å². The van der Waals surface area contributed by atoms with E-state index in [1.165, 1.54) is 7.11 Å². The van der Waals surface area contributed by atoms with Gasteiger partial charge in [-0.1, -0.05) is 30.3 Å². The lowest BCUT2D eigenvalue weighted by Gasteiger charge is -2.50. The van der Waals surface area contributed by atoms with Crippen molar-refractivity contribution in [2.45, 2.75) is 18.1 Å². The SMILES string of the molecule is COc1cnccc1C(=O)N1CC[C@](O)(c2ccccc2)[C@H](N2CCOCC2)C1. The van der Waals surface area contributed by atoms with E-state index in [-0.39, 0.29) is 11.9 Å². The maximum atomic E-state index is 13.2. The molecule has 4 rings (SSSR count). The molecule has 7 heteroatoms. The third kappa shape index (κ3) is 3.85. The number of carbonyl (C=O) groups excluding carboxylic acids is 1. The lowest BCUT2D eigenvalue weighted by Crippen LogP contribution is -2.63. The van der Waals surface area contributed by atoms with Crippen molar-refractivity contribution in [3.63, 3.8) is 0 Å². The largest absolute Gasteiger partial charge is 0.494 e. The number of morpholine rings is 1. The Morgan fingerprint density at radius 2 is 1.97 bits per heavy atom. The van der Waals surface area contributed by atoms with E-state index in [0.29, 0.717) is 44.0 Å². The molecule has 29 heavy (non-hydrogen) atoms. The van der Waals surface area contributed by atoms with Crippen molar-refractivity contribution in [3.05, 3.63) is 59.9 Å². The third-order valence-electron chi connectivity index (χ3n) is 5.99. The Hall–Kier alpha value is -2.48. The fourth-order valence-corrected chi connectivity index (χ4v) is 4.37. The fraction of sp³-hybridized carbons (Fsp3) is 0.455. The van der Waals surface area contributed by atoms with Crippen LogP contribution in [-0.2, 0) is 10.3 Å². The second-order valence-electron chi connectivity index (χ2n) is 7.53. The van der Waals surface area contributed by atoms with Crippen molar-refractivity contribution in [3.8, 4) is 5.75 Å². The second kappa shape index (κ2) is 8.49. The number of likely N-dealkylation sites (tertiary alicyclic amines) is 1. The molecule has 1 N–H and O–H groups in total. The van der Waals surface area contributed by atoms with Crippen LogP contribution in [0.3, 0.4) is 0 Å². The van der Waals surface area contributed by atoms with Crippen molar-refractivity contribution < 1.29 is 19.4 Å². The van der Waals surface area contributed by atoms with Gasteiger partial charge in [0.1, 0.15) is 11.4 Å². The van der Waals surface area contributed by atoms with Crippen LogP contribution < -0.4 is 4.74 Å². The third-order valence-corrected chi connectivity index (χ3v) is 5.99. The Kier molecular flexibility index (Phi) is 5.80. The second-order valence-corrected chi connectivity index (χ2v) is 7.53. The van der Waals surface area contributed by atoms with Crippen LogP contribution in [0.5, 0.6) is 5.75 Å². The Balaban J connectivity index is 1.63. The van der Waals surface area contributed by atoms with Crippen molar-refractivity contribution in [1.29, 1.82) is 0 Å². The molecule has 2 aliphatic heterocycles. The molecule has 2 aromatic rings. The zero-order valence-electron chi connectivity index (χ0n) is 16.7. The van der Waals surface area contributed by atoms with E-state index in [1.807, 2.05) is 35.2 Å². The highest BCUT2D eigenvalue weighted by Gasteiger charge is 2.47. The number of methoxy groups -OCH3 is 1. The molecule has 0 unspecified atom stereocenters. The molecule has 7 nitrogen and oxygen atoms in total. The standard InChI is InChI=1S/C22H27N3O4/c1-28-19-15-23-9-7-18(19)21(26)25-10-8-22(27,17-5-3-2-4-6-17)20(16-25)24-11-13-29-14-12-24/h2-7,9,15,20,27H,8,10-14,16H2,1H3/t20-,22+/m1/s1. The summed E-state index contributed by atoms with van der Waals surface area (Å²) in [6.45, 7) is 3.65. The van der Waals surface area contributed by atoms with Gasteiger partial charge in [0, 0.05) is 32.4 Å². The summed E-state index contributed by atoms with van der Waals surface area (Å²) in [7, 11) is 1.54. The van der Waals surface area contributed by atoms with Gasteiger partial charge in [0.15, 0.2) is 0 Å². The minimum absolute atomic E-state index is 0.0994. The highest BCUT2D eigenvalue weighted by molar-refractivity contribution is 5.96. The van der Waals surface area contributed by atoms with E-state index in [0.717, 1.165) is 18.7 Å². The number of amides is 1. The molecule has 1 aromatic carbocycles. The maximum absolute atomic E-state index is 13.2. The van der Waals surface area contributed by atoms with Gasteiger partial charge in [-0.25, -0.2) is 0 Å². The van der Waals surface area contributed by atoms with Crippen LogP contribution in [0.25, 0.3) is 0 Å². The summed E-state index contributed by atoms with van der Waals surface area (Å²) < 4.78 is 10.8. The highest BCUT2D eigenvalue weighted by atomic mass is 16.5. The Labute approximate surface area is 170 Å². The van der Waals surface area contributed by atoms with E-state index in [4.69, 9.17) is 9.47 Å². The highest BCUT2D eigenvalue weighted by Crippen LogP contribution is 2.37. The molecule has 1 aromatic heterocycles. The van der Waals surface area contributed by atoms with Gasteiger partial charge in [0.25, 0.3) is 5.91 Å². The van der Waals surface area contributed by atoms with E-state index in [1.54, 1.807) is 18.5 Å². The van der Waals surface area contributed by atoms with Crippen LogP contribution >= 0.6 is 0 Å². The summed E-state index contributed by atoms with van der Waals surface area (Å²) in [6.07, 6.45) is 3.62. The zero-order chi connectivity index (χ0) is 20.3. The van der Waals surface area contributed by atoms with E-state index in [2.05, 4.69) is 9.88 Å². The number of piperidine rings is 1. The molecular formula is C22H27N3O4. The fourth-order valence-electron chi connectivity index (χ4n) is 4.37. The van der Waals surface area contributed by atoms with Crippen molar-refractivity contribution in [2.24, 2.45) is 0 Å². The average molecular weight is 397 g/mol. The minimum Gasteiger partial charge on any atom is -0.494 e. The van der Waals surface area contributed by atoms with E-state index in [9.17, 15) is 9.90 Å². The van der Waals surface area contributed by atoms with Crippen LogP contribution in [0.2, 0.25) is 0 Å². The molecule has 1 amide bonds. The molecule has 0 aliphatic carbocycles. The Morgan fingerprint density at radius 1 is 1.21 bits per heavy atom. The minimum atomic E-state index is -1.02. The molecule has 0 radical (unpaired) electrons. The number of hydrogen-bond donors (Lipinski definition) is 1. The molecule has 0 saturated carbocycles. The number of nitrogens with zero attached hydrogens (tertiary/aromatic N) is 3. The Bertz CT molecular complexity index is 841. The zero-order valence-corrected chi connectivity index (χ0v) is 16.7. The van der Waals surface area contributed by atoms with E-state index < -0.39 is 5.60 Å². The summed E-state index contributed by atoms with van der Waals surface area (Å²) >= 11 is 0. The summed E-state index contributed by atoms with van der Waals surface area (Å²) in [5.74, 6) is 0.363. The monoisotopic (exact) mass is 397 g/mol. The molecule has 0 bridgehead atoms. The molecule has 2 fully saturated rings. The van der Waals surface area contributed by atoms with Crippen molar-refractivity contribution >= 4 is 5.91 Å². The van der Waals surface area contributed by atoms with E-state index >= 15 is 0 Å². The quantitative estimate of drug-likeness (QED) is 0.843. The molecule has 2 atom stereocenters. The molecule has 2 aliphatic rings. The molecular weight excluding hydrogens is 370 g/mol. The van der Waals surface area contributed by atoms with Gasteiger partial charge < -0.3 is 19.5 Å². The number of aliphatic hydroxyl groups is 1.